The van der Waals surface area contributed by atoms with E-state index in [0.29, 0.717) is 0 Å². The Balaban J connectivity index is 2.96. The van der Waals surface area contributed by atoms with Gasteiger partial charge in [-0.1, -0.05) is 0 Å². The number of aromatic nitrogens is 1. The van der Waals surface area contributed by atoms with Gasteiger partial charge in [0.2, 0.25) is 0 Å². The molecular formula is C10H8NSe-. The number of benzene rings is 1. The molecule has 0 saturated heterocycles. The summed E-state index contributed by atoms with van der Waals surface area (Å²) in [6, 6.07) is 8.14. The van der Waals surface area contributed by atoms with Gasteiger partial charge in [-0.2, -0.15) is 0 Å². The van der Waals surface area contributed by atoms with Crippen molar-refractivity contribution in [1.29, 1.82) is 0 Å². The van der Waals surface area contributed by atoms with Crippen LogP contribution in [0.25, 0.3) is 10.9 Å². The van der Waals surface area contributed by atoms with Crippen LogP contribution in [0.3, 0.4) is 0 Å². The molecule has 2 aromatic rings. The zero-order valence-electron chi connectivity index (χ0n) is 6.74. The van der Waals surface area contributed by atoms with Crippen LogP contribution in [-0.4, -0.2) is 21.0 Å². The van der Waals surface area contributed by atoms with Crippen LogP contribution < -0.4 is 4.46 Å². The molecule has 1 aromatic heterocycles. The molecule has 2 heteroatoms. The molecule has 0 aliphatic rings. The van der Waals surface area contributed by atoms with Crippen LogP contribution in [0.4, 0.5) is 0 Å². The van der Waals surface area contributed by atoms with E-state index >= 15 is 0 Å². The van der Waals surface area contributed by atoms with Crippen LogP contribution in [0.1, 0.15) is 5.56 Å². The Morgan fingerprint density at radius 2 is 2.08 bits per heavy atom. The van der Waals surface area contributed by atoms with Crippen LogP contribution >= 0.6 is 0 Å². The third kappa shape index (κ3) is 1.13. The van der Waals surface area contributed by atoms with Gasteiger partial charge in [0.25, 0.3) is 0 Å². The first-order valence-corrected chi connectivity index (χ1v) is 4.66. The SMILES string of the molecule is Cc1ccnc2cccc([Se-])c12. The molecule has 0 aliphatic heterocycles. The fourth-order valence-electron chi connectivity index (χ4n) is 1.34. The van der Waals surface area contributed by atoms with Crippen molar-refractivity contribution in [2.75, 3.05) is 0 Å². The molecule has 0 fully saturated rings. The zero-order valence-corrected chi connectivity index (χ0v) is 8.46. The van der Waals surface area contributed by atoms with E-state index in [1.165, 1.54) is 15.4 Å². The molecule has 0 saturated carbocycles. The average molecular weight is 221 g/mol. The van der Waals surface area contributed by atoms with Gasteiger partial charge in [-0.15, -0.1) is 0 Å². The van der Waals surface area contributed by atoms with E-state index in [0.717, 1.165) is 5.52 Å². The van der Waals surface area contributed by atoms with Crippen LogP contribution in [0.15, 0.2) is 30.5 Å². The monoisotopic (exact) mass is 222 g/mol. The van der Waals surface area contributed by atoms with Crippen molar-refractivity contribution in [2.45, 2.75) is 6.92 Å². The van der Waals surface area contributed by atoms with Crippen LogP contribution in [-0.2, 0) is 0 Å². The van der Waals surface area contributed by atoms with Crippen LogP contribution in [0.2, 0.25) is 0 Å². The summed E-state index contributed by atoms with van der Waals surface area (Å²) in [6.45, 7) is 2.10. The Kier molecular flexibility index (Phi) is 1.87. The maximum atomic E-state index is 4.28. The molecule has 0 unspecified atom stereocenters. The van der Waals surface area contributed by atoms with Crippen molar-refractivity contribution in [3.63, 3.8) is 0 Å². The Hall–Kier alpha value is -0.851. The quantitative estimate of drug-likeness (QED) is 0.612. The molecule has 1 nitrogen and oxygen atoms in total. The van der Waals surface area contributed by atoms with E-state index in [9.17, 15) is 0 Å². The number of hydrogen-bond donors (Lipinski definition) is 0. The van der Waals surface area contributed by atoms with Gasteiger partial charge in [-0.05, 0) is 0 Å². The van der Waals surface area contributed by atoms with Gasteiger partial charge in [-0.25, -0.2) is 0 Å². The Bertz CT molecular complexity index is 386. The summed E-state index contributed by atoms with van der Waals surface area (Å²) >= 11 is 3.05. The number of fused-ring (bicyclic) bond motifs is 1. The topological polar surface area (TPSA) is 12.9 Å². The van der Waals surface area contributed by atoms with Gasteiger partial charge in [0.1, 0.15) is 0 Å². The van der Waals surface area contributed by atoms with E-state index < -0.39 is 0 Å². The fourth-order valence-corrected chi connectivity index (χ4v) is 2.06. The molecule has 0 amide bonds. The molecule has 60 valence electrons. The molecule has 1 aromatic carbocycles. The number of hydrogen-bond acceptors (Lipinski definition) is 1. The molecule has 0 atom stereocenters. The number of pyridine rings is 1. The minimum atomic E-state index is 1.06. The van der Waals surface area contributed by atoms with Gasteiger partial charge >= 0.3 is 79.3 Å². The molecular weight excluding hydrogens is 213 g/mol. The van der Waals surface area contributed by atoms with Crippen molar-refractivity contribution >= 4 is 31.4 Å². The van der Waals surface area contributed by atoms with E-state index in [1.807, 2.05) is 24.4 Å². The molecule has 2 rings (SSSR count). The molecule has 0 N–H and O–H groups in total. The van der Waals surface area contributed by atoms with Gasteiger partial charge in [-0.3, -0.25) is 0 Å². The first-order valence-electron chi connectivity index (χ1n) is 3.80. The van der Waals surface area contributed by atoms with E-state index in [-0.39, 0.29) is 0 Å². The van der Waals surface area contributed by atoms with Crippen molar-refractivity contribution in [2.24, 2.45) is 0 Å². The fraction of sp³-hybridized carbons (Fsp3) is 0.100. The third-order valence-electron chi connectivity index (χ3n) is 1.94. The maximum absolute atomic E-state index is 4.28. The second-order valence-electron chi connectivity index (χ2n) is 2.78. The Morgan fingerprint density at radius 1 is 1.25 bits per heavy atom. The Morgan fingerprint density at radius 3 is 2.83 bits per heavy atom. The van der Waals surface area contributed by atoms with E-state index in [2.05, 4.69) is 34.0 Å². The van der Waals surface area contributed by atoms with Crippen molar-refractivity contribution in [1.82, 2.24) is 4.98 Å². The summed E-state index contributed by atoms with van der Waals surface area (Å²) in [4.78, 5) is 4.28. The predicted octanol–water partition coefficient (Wildman–Crippen LogP) is 1.34. The van der Waals surface area contributed by atoms with Gasteiger partial charge in [0, 0.05) is 0 Å². The summed E-state index contributed by atoms with van der Waals surface area (Å²) in [5, 5.41) is 1.24. The summed E-state index contributed by atoms with van der Waals surface area (Å²) in [6.07, 6.45) is 1.84. The molecule has 1 heterocycles. The minimum absolute atomic E-state index is 1.06. The third-order valence-corrected chi connectivity index (χ3v) is 2.65. The molecule has 0 aliphatic carbocycles. The molecule has 0 radical (unpaired) electrons. The predicted molar refractivity (Wildman–Crippen MR) is 51.9 cm³/mol. The number of aryl methyl sites for hydroxylation is 1. The van der Waals surface area contributed by atoms with Crippen LogP contribution in [0, 0.1) is 6.92 Å². The van der Waals surface area contributed by atoms with E-state index in [1.54, 1.807) is 0 Å². The Labute approximate surface area is 79.6 Å². The average Bonchev–Trinajstić information content (AvgIpc) is 2.04. The van der Waals surface area contributed by atoms with E-state index in [4.69, 9.17) is 0 Å². The molecule has 12 heavy (non-hydrogen) atoms. The van der Waals surface area contributed by atoms with Crippen LogP contribution in [0.5, 0.6) is 0 Å². The van der Waals surface area contributed by atoms with Crippen molar-refractivity contribution < 1.29 is 0 Å². The molecule has 0 spiro atoms. The number of nitrogens with zero attached hydrogens (tertiary/aromatic N) is 1. The van der Waals surface area contributed by atoms with Crippen molar-refractivity contribution in [3.8, 4) is 0 Å². The first-order chi connectivity index (χ1) is 5.79. The summed E-state index contributed by atoms with van der Waals surface area (Å²) in [7, 11) is 0. The number of rotatable bonds is 0. The molecule has 0 bridgehead atoms. The van der Waals surface area contributed by atoms with Gasteiger partial charge < -0.3 is 0 Å². The first kappa shape index (κ1) is 7.78. The van der Waals surface area contributed by atoms with Gasteiger partial charge in [0.05, 0.1) is 0 Å². The zero-order chi connectivity index (χ0) is 8.55. The van der Waals surface area contributed by atoms with Crippen molar-refractivity contribution in [3.05, 3.63) is 36.0 Å². The summed E-state index contributed by atoms with van der Waals surface area (Å²) in [5.41, 5.74) is 2.33. The second kappa shape index (κ2) is 2.89. The van der Waals surface area contributed by atoms with Gasteiger partial charge in [0.15, 0.2) is 0 Å². The standard InChI is InChI=1S/C10H9NSe/c1-7-5-6-11-8-3-2-4-9(12)10(7)8/h2-6,12H,1H3/p-1. The normalized spacial score (nSPS) is 10.4. The summed E-state index contributed by atoms with van der Waals surface area (Å²) < 4.78 is 1.18. The second-order valence-corrected chi connectivity index (χ2v) is 3.70. The summed E-state index contributed by atoms with van der Waals surface area (Å²) in [5.74, 6) is 0.